The van der Waals surface area contributed by atoms with Gasteiger partial charge in [0.15, 0.2) is 0 Å². The predicted molar refractivity (Wildman–Crippen MR) is 77.0 cm³/mol. The van der Waals surface area contributed by atoms with Crippen LogP contribution in [0.2, 0.25) is 0 Å². The van der Waals surface area contributed by atoms with E-state index < -0.39 is 9.05 Å². The highest BCUT2D eigenvalue weighted by molar-refractivity contribution is 8.13. The van der Waals surface area contributed by atoms with Crippen LogP contribution in [0.4, 0.5) is 5.69 Å². The molecule has 1 rings (SSSR count). The minimum atomic E-state index is -3.75. The van der Waals surface area contributed by atoms with E-state index in [0.717, 1.165) is 0 Å². The van der Waals surface area contributed by atoms with E-state index in [9.17, 15) is 13.2 Å². The van der Waals surface area contributed by atoms with E-state index in [1.54, 1.807) is 13.8 Å². The third-order valence-corrected chi connectivity index (χ3v) is 3.98. The molecule has 4 nitrogen and oxygen atoms in total. The second-order valence-corrected chi connectivity index (χ2v) is 7.58. The SMILES string of the molecule is Cc1cc(S(=O)(=O)Cl)cc(C)c1NC(=O)CC(C)C. The first-order chi connectivity index (χ1) is 8.61. The Morgan fingerprint density at radius 3 is 2.11 bits per heavy atom. The van der Waals surface area contributed by atoms with Gasteiger partial charge in [0.1, 0.15) is 0 Å². The molecule has 0 heterocycles. The average Bonchev–Trinajstić information content (AvgIpc) is 2.20. The maximum atomic E-state index is 11.8. The van der Waals surface area contributed by atoms with Gasteiger partial charge in [-0.15, -0.1) is 0 Å². The van der Waals surface area contributed by atoms with E-state index in [0.29, 0.717) is 23.2 Å². The van der Waals surface area contributed by atoms with Crippen LogP contribution in [-0.2, 0) is 13.8 Å². The summed E-state index contributed by atoms with van der Waals surface area (Å²) in [5.41, 5.74) is 2.00. The molecule has 0 saturated carbocycles. The number of hydrogen-bond donors (Lipinski definition) is 1. The van der Waals surface area contributed by atoms with Gasteiger partial charge in [0, 0.05) is 22.8 Å². The molecule has 1 aromatic carbocycles. The molecule has 0 atom stereocenters. The summed E-state index contributed by atoms with van der Waals surface area (Å²) in [6, 6.07) is 2.92. The van der Waals surface area contributed by atoms with Crippen LogP contribution in [-0.4, -0.2) is 14.3 Å². The van der Waals surface area contributed by atoms with Gasteiger partial charge in [-0.2, -0.15) is 0 Å². The standard InChI is InChI=1S/C13H18ClNO3S/c1-8(2)5-12(16)15-13-9(3)6-11(7-10(13)4)19(14,17)18/h6-8H,5H2,1-4H3,(H,15,16). The Labute approximate surface area is 118 Å². The van der Waals surface area contributed by atoms with Gasteiger partial charge in [-0.3, -0.25) is 4.79 Å². The number of halogens is 1. The molecule has 0 aliphatic carbocycles. The smallest absolute Gasteiger partial charge is 0.261 e. The van der Waals surface area contributed by atoms with Crippen molar-refractivity contribution in [1.29, 1.82) is 0 Å². The van der Waals surface area contributed by atoms with E-state index in [1.807, 2.05) is 13.8 Å². The molecule has 0 spiro atoms. The summed E-state index contributed by atoms with van der Waals surface area (Å²) < 4.78 is 22.6. The van der Waals surface area contributed by atoms with Crippen molar-refractivity contribution in [3.8, 4) is 0 Å². The lowest BCUT2D eigenvalue weighted by atomic mass is 10.1. The Morgan fingerprint density at radius 1 is 1.26 bits per heavy atom. The topological polar surface area (TPSA) is 63.2 Å². The monoisotopic (exact) mass is 303 g/mol. The predicted octanol–water partition coefficient (Wildman–Crippen LogP) is 3.22. The van der Waals surface area contributed by atoms with Crippen molar-refractivity contribution in [3.05, 3.63) is 23.3 Å². The Morgan fingerprint density at radius 2 is 1.74 bits per heavy atom. The van der Waals surface area contributed by atoms with Crippen LogP contribution in [0.5, 0.6) is 0 Å². The van der Waals surface area contributed by atoms with Crippen LogP contribution in [0, 0.1) is 19.8 Å². The lowest BCUT2D eigenvalue weighted by molar-refractivity contribution is -0.116. The fourth-order valence-electron chi connectivity index (χ4n) is 1.82. The van der Waals surface area contributed by atoms with Gasteiger partial charge in [-0.1, -0.05) is 13.8 Å². The lowest BCUT2D eigenvalue weighted by Gasteiger charge is -2.13. The zero-order chi connectivity index (χ0) is 14.8. The van der Waals surface area contributed by atoms with Crippen molar-refractivity contribution in [2.75, 3.05) is 5.32 Å². The summed E-state index contributed by atoms with van der Waals surface area (Å²) in [4.78, 5) is 11.8. The van der Waals surface area contributed by atoms with Crippen LogP contribution in [0.15, 0.2) is 17.0 Å². The molecule has 106 valence electrons. The molecule has 1 aromatic rings. The number of rotatable bonds is 4. The summed E-state index contributed by atoms with van der Waals surface area (Å²) in [5, 5.41) is 2.81. The molecule has 0 aliphatic heterocycles. The zero-order valence-electron chi connectivity index (χ0n) is 11.5. The third kappa shape index (κ3) is 4.51. The minimum absolute atomic E-state index is 0.0472. The van der Waals surface area contributed by atoms with Gasteiger partial charge in [-0.05, 0) is 43.0 Å². The second-order valence-electron chi connectivity index (χ2n) is 5.02. The van der Waals surface area contributed by atoms with Gasteiger partial charge in [0.05, 0.1) is 4.90 Å². The number of carbonyl (C=O) groups is 1. The van der Waals surface area contributed by atoms with Crippen molar-refractivity contribution < 1.29 is 13.2 Å². The maximum absolute atomic E-state index is 11.8. The highest BCUT2D eigenvalue weighted by Gasteiger charge is 2.15. The summed E-state index contributed by atoms with van der Waals surface area (Å²) in [7, 11) is 1.56. The number of aryl methyl sites for hydroxylation is 2. The molecule has 1 amide bonds. The molecular weight excluding hydrogens is 286 g/mol. The average molecular weight is 304 g/mol. The molecule has 0 unspecified atom stereocenters. The quantitative estimate of drug-likeness (QED) is 0.869. The van der Waals surface area contributed by atoms with Crippen LogP contribution in [0.3, 0.4) is 0 Å². The first-order valence-electron chi connectivity index (χ1n) is 5.97. The van der Waals surface area contributed by atoms with Crippen molar-refractivity contribution in [2.24, 2.45) is 5.92 Å². The molecule has 0 aromatic heterocycles. The van der Waals surface area contributed by atoms with Gasteiger partial charge in [0.2, 0.25) is 5.91 Å². The lowest BCUT2D eigenvalue weighted by Crippen LogP contribution is -2.15. The molecule has 6 heteroatoms. The molecule has 0 aliphatic rings. The second kappa shape index (κ2) is 5.92. The first-order valence-corrected chi connectivity index (χ1v) is 8.28. The van der Waals surface area contributed by atoms with E-state index in [4.69, 9.17) is 10.7 Å². The third-order valence-electron chi connectivity index (χ3n) is 2.65. The van der Waals surface area contributed by atoms with Crippen LogP contribution >= 0.6 is 10.7 Å². The molecule has 0 fully saturated rings. The number of hydrogen-bond acceptors (Lipinski definition) is 3. The fraction of sp³-hybridized carbons (Fsp3) is 0.462. The largest absolute Gasteiger partial charge is 0.326 e. The summed E-state index contributed by atoms with van der Waals surface area (Å²) in [6.07, 6.45) is 0.425. The molecule has 19 heavy (non-hydrogen) atoms. The highest BCUT2D eigenvalue weighted by atomic mass is 35.7. The van der Waals surface area contributed by atoms with Crippen LogP contribution < -0.4 is 5.32 Å². The van der Waals surface area contributed by atoms with Crippen molar-refractivity contribution >= 4 is 31.3 Å². The summed E-state index contributed by atoms with van der Waals surface area (Å²) >= 11 is 0. The number of carbonyl (C=O) groups excluding carboxylic acids is 1. The van der Waals surface area contributed by atoms with Gasteiger partial charge < -0.3 is 5.32 Å². The first kappa shape index (κ1) is 16.0. The zero-order valence-corrected chi connectivity index (χ0v) is 13.0. The van der Waals surface area contributed by atoms with Crippen LogP contribution in [0.25, 0.3) is 0 Å². The van der Waals surface area contributed by atoms with E-state index in [-0.39, 0.29) is 16.7 Å². The number of anilines is 1. The Hall–Kier alpha value is -1.07. The Bertz CT molecular complexity index is 571. The fourth-order valence-corrected chi connectivity index (χ4v) is 2.73. The number of benzene rings is 1. The Balaban J connectivity index is 3.08. The minimum Gasteiger partial charge on any atom is -0.326 e. The molecule has 0 saturated heterocycles. The van der Waals surface area contributed by atoms with Crippen molar-refractivity contribution in [3.63, 3.8) is 0 Å². The van der Waals surface area contributed by atoms with Gasteiger partial charge >= 0.3 is 0 Å². The molecule has 0 bridgehead atoms. The van der Waals surface area contributed by atoms with Gasteiger partial charge in [-0.25, -0.2) is 8.42 Å². The van der Waals surface area contributed by atoms with E-state index in [1.165, 1.54) is 12.1 Å². The number of nitrogens with one attached hydrogen (secondary N) is 1. The number of amides is 1. The molecule has 1 N–H and O–H groups in total. The summed E-state index contributed by atoms with van der Waals surface area (Å²) in [5.74, 6) is 0.186. The normalized spacial score (nSPS) is 11.7. The van der Waals surface area contributed by atoms with E-state index >= 15 is 0 Å². The highest BCUT2D eigenvalue weighted by Crippen LogP contribution is 2.26. The maximum Gasteiger partial charge on any atom is 0.261 e. The molecule has 0 radical (unpaired) electrons. The van der Waals surface area contributed by atoms with Crippen molar-refractivity contribution in [1.82, 2.24) is 0 Å². The van der Waals surface area contributed by atoms with E-state index in [2.05, 4.69) is 5.32 Å². The molecular formula is C13H18ClNO3S. The van der Waals surface area contributed by atoms with Crippen molar-refractivity contribution in [2.45, 2.75) is 39.0 Å². The Kier molecular flexibility index (Phi) is 4.98. The summed E-state index contributed by atoms with van der Waals surface area (Å²) in [6.45, 7) is 7.40. The van der Waals surface area contributed by atoms with Gasteiger partial charge in [0.25, 0.3) is 9.05 Å². The van der Waals surface area contributed by atoms with Crippen LogP contribution in [0.1, 0.15) is 31.4 Å².